The van der Waals surface area contributed by atoms with E-state index < -0.39 is 0 Å². The van der Waals surface area contributed by atoms with E-state index >= 15 is 0 Å². The Hall–Kier alpha value is -3.55. The number of amides is 1. The van der Waals surface area contributed by atoms with E-state index in [0.717, 1.165) is 31.5 Å². The zero-order chi connectivity index (χ0) is 25.5. The van der Waals surface area contributed by atoms with Gasteiger partial charge in [0.15, 0.2) is 5.78 Å². The number of ether oxygens (including phenoxy) is 1. The van der Waals surface area contributed by atoms with E-state index in [1.54, 1.807) is 36.3 Å². The van der Waals surface area contributed by atoms with Gasteiger partial charge >= 0.3 is 0 Å². The van der Waals surface area contributed by atoms with Crippen LogP contribution in [-0.2, 0) is 6.54 Å². The van der Waals surface area contributed by atoms with Crippen LogP contribution in [0.5, 0.6) is 5.75 Å². The van der Waals surface area contributed by atoms with E-state index in [-0.39, 0.29) is 23.4 Å². The summed E-state index contributed by atoms with van der Waals surface area (Å²) in [4.78, 5) is 30.4. The maximum absolute atomic E-state index is 13.6. The second-order valence-electron chi connectivity index (χ2n) is 9.02. The molecule has 0 radical (unpaired) electrons. The van der Waals surface area contributed by atoms with Crippen LogP contribution in [0.3, 0.4) is 0 Å². The zero-order valence-corrected chi connectivity index (χ0v) is 20.5. The first-order valence-corrected chi connectivity index (χ1v) is 12.3. The predicted molar refractivity (Wildman–Crippen MR) is 139 cm³/mol. The molecule has 36 heavy (non-hydrogen) atoms. The number of nitrogens with zero attached hydrogens (tertiary/aromatic N) is 2. The van der Waals surface area contributed by atoms with E-state index in [1.165, 1.54) is 12.1 Å². The maximum Gasteiger partial charge on any atom is 0.258 e. The Labute approximate surface area is 211 Å². The summed E-state index contributed by atoms with van der Waals surface area (Å²) in [5.41, 5.74) is 8.54. The molecule has 0 atom stereocenters. The van der Waals surface area contributed by atoms with Gasteiger partial charge in [-0.25, -0.2) is 4.39 Å². The molecule has 3 aromatic carbocycles. The van der Waals surface area contributed by atoms with Crippen LogP contribution >= 0.6 is 0 Å². The predicted octanol–water partition coefficient (Wildman–Crippen LogP) is 4.53. The fourth-order valence-corrected chi connectivity index (χ4v) is 4.63. The zero-order valence-electron chi connectivity index (χ0n) is 20.5. The molecule has 0 aliphatic carbocycles. The van der Waals surface area contributed by atoms with Crippen LogP contribution in [0.4, 0.5) is 10.1 Å². The van der Waals surface area contributed by atoms with Crippen LogP contribution in [0.2, 0.25) is 0 Å². The number of rotatable bonds is 9. The molecular weight excluding hydrogens is 457 g/mol. The van der Waals surface area contributed by atoms with Crippen molar-refractivity contribution >= 4 is 17.4 Å². The minimum atomic E-state index is -0.342. The highest BCUT2D eigenvalue weighted by Gasteiger charge is 2.27. The third-order valence-electron chi connectivity index (χ3n) is 6.78. The smallest absolute Gasteiger partial charge is 0.258 e. The Morgan fingerprint density at radius 3 is 2.25 bits per heavy atom. The number of nitrogens with two attached hydrogens (primary N) is 1. The van der Waals surface area contributed by atoms with Crippen LogP contribution < -0.4 is 15.4 Å². The number of hydrogen-bond donors (Lipinski definition) is 1. The Morgan fingerprint density at radius 1 is 0.972 bits per heavy atom. The monoisotopic (exact) mass is 489 g/mol. The number of ketones is 1. The van der Waals surface area contributed by atoms with E-state index in [0.29, 0.717) is 42.2 Å². The van der Waals surface area contributed by atoms with Crippen molar-refractivity contribution in [2.45, 2.75) is 19.4 Å². The summed E-state index contributed by atoms with van der Waals surface area (Å²) in [6, 6.07) is 20.6. The summed E-state index contributed by atoms with van der Waals surface area (Å²) < 4.78 is 18.7. The lowest BCUT2D eigenvalue weighted by Gasteiger charge is -2.33. The average Bonchev–Trinajstić information content (AvgIpc) is 2.93. The van der Waals surface area contributed by atoms with E-state index in [9.17, 15) is 14.0 Å². The molecule has 1 fully saturated rings. The van der Waals surface area contributed by atoms with Crippen molar-refractivity contribution in [2.24, 2.45) is 11.7 Å². The summed E-state index contributed by atoms with van der Waals surface area (Å²) in [5, 5.41) is 0. The number of carbonyl (C=O) groups excluding carboxylic acids is 2. The number of halogens is 1. The standard InChI is InChI=1S/C29H32FN3O3/c1-36-27-5-3-2-4-26(27)33(29(35)24-8-6-21(20-31)7-9-24)19-18-32-16-14-23(15-17-32)28(34)22-10-12-25(30)13-11-22/h2-13,23H,14-20,31H2,1H3. The molecule has 3 aromatic rings. The molecule has 0 spiro atoms. The summed E-state index contributed by atoms with van der Waals surface area (Å²) >= 11 is 0. The van der Waals surface area contributed by atoms with Gasteiger partial charge in [-0.2, -0.15) is 0 Å². The summed E-state index contributed by atoms with van der Waals surface area (Å²) in [5.74, 6) is 0.185. The van der Waals surface area contributed by atoms with Crippen molar-refractivity contribution in [3.05, 3.63) is 95.3 Å². The lowest BCUT2D eigenvalue weighted by Crippen LogP contribution is -2.43. The van der Waals surface area contributed by atoms with Crippen molar-refractivity contribution in [1.29, 1.82) is 0 Å². The van der Waals surface area contributed by atoms with Gasteiger partial charge in [-0.3, -0.25) is 9.59 Å². The lowest BCUT2D eigenvalue weighted by molar-refractivity contribution is 0.0841. The highest BCUT2D eigenvalue weighted by molar-refractivity contribution is 6.07. The van der Waals surface area contributed by atoms with Gasteiger partial charge in [0.05, 0.1) is 12.8 Å². The quantitative estimate of drug-likeness (QED) is 0.447. The normalized spacial score (nSPS) is 14.4. The second kappa shape index (κ2) is 11.9. The number of hydrogen-bond acceptors (Lipinski definition) is 5. The van der Waals surface area contributed by atoms with Crippen LogP contribution in [0.1, 0.15) is 39.1 Å². The molecule has 1 amide bonds. The number of methoxy groups -OCH3 is 1. The van der Waals surface area contributed by atoms with Gasteiger partial charge in [0.1, 0.15) is 11.6 Å². The van der Waals surface area contributed by atoms with Crippen LogP contribution in [0, 0.1) is 11.7 Å². The van der Waals surface area contributed by atoms with Gasteiger partial charge in [-0.05, 0) is 80.0 Å². The first kappa shape index (κ1) is 25.5. The van der Waals surface area contributed by atoms with Gasteiger partial charge in [0.25, 0.3) is 5.91 Å². The number of piperidine rings is 1. The van der Waals surface area contributed by atoms with Gasteiger partial charge in [-0.15, -0.1) is 0 Å². The van der Waals surface area contributed by atoms with Crippen molar-refractivity contribution in [3.8, 4) is 5.75 Å². The van der Waals surface area contributed by atoms with Crippen molar-refractivity contribution in [1.82, 2.24) is 4.90 Å². The molecule has 2 N–H and O–H groups in total. The minimum absolute atomic E-state index is 0.0697. The molecule has 0 saturated carbocycles. The maximum atomic E-state index is 13.6. The first-order chi connectivity index (χ1) is 17.5. The number of para-hydroxylation sites is 2. The molecule has 1 aliphatic heterocycles. The van der Waals surface area contributed by atoms with Gasteiger partial charge < -0.3 is 20.3 Å². The Bertz CT molecular complexity index is 1170. The van der Waals surface area contributed by atoms with E-state index in [2.05, 4.69) is 4.90 Å². The third kappa shape index (κ3) is 5.98. The SMILES string of the molecule is COc1ccccc1N(CCN1CCC(C(=O)c2ccc(F)cc2)CC1)C(=O)c1ccc(CN)cc1. The van der Waals surface area contributed by atoms with Crippen LogP contribution in [0.15, 0.2) is 72.8 Å². The Kier molecular flexibility index (Phi) is 8.46. The first-order valence-electron chi connectivity index (χ1n) is 12.3. The molecule has 0 aromatic heterocycles. The van der Waals surface area contributed by atoms with E-state index in [4.69, 9.17) is 10.5 Å². The van der Waals surface area contributed by atoms with Crippen molar-refractivity contribution in [3.63, 3.8) is 0 Å². The molecule has 1 heterocycles. The second-order valence-corrected chi connectivity index (χ2v) is 9.02. The topological polar surface area (TPSA) is 75.9 Å². The number of carbonyl (C=O) groups is 2. The van der Waals surface area contributed by atoms with Crippen LogP contribution in [0.25, 0.3) is 0 Å². The molecule has 6 nitrogen and oxygen atoms in total. The van der Waals surface area contributed by atoms with Crippen LogP contribution in [-0.4, -0.2) is 49.9 Å². The van der Waals surface area contributed by atoms with Gasteiger partial charge in [0, 0.05) is 36.7 Å². The molecule has 1 aliphatic rings. The molecule has 1 saturated heterocycles. The molecule has 0 unspecified atom stereocenters. The summed E-state index contributed by atoms with van der Waals surface area (Å²) in [6.45, 7) is 3.09. The third-order valence-corrected chi connectivity index (χ3v) is 6.78. The number of likely N-dealkylation sites (tertiary alicyclic amines) is 1. The fraction of sp³-hybridized carbons (Fsp3) is 0.310. The highest BCUT2D eigenvalue weighted by Crippen LogP contribution is 2.29. The molecular formula is C29H32FN3O3. The largest absolute Gasteiger partial charge is 0.495 e. The van der Waals surface area contributed by atoms with Gasteiger partial charge in [0.2, 0.25) is 0 Å². The molecule has 4 rings (SSSR count). The number of anilines is 1. The highest BCUT2D eigenvalue weighted by atomic mass is 19.1. The summed E-state index contributed by atoms with van der Waals surface area (Å²) in [6.07, 6.45) is 1.47. The molecule has 7 heteroatoms. The fourth-order valence-electron chi connectivity index (χ4n) is 4.63. The van der Waals surface area contributed by atoms with Crippen molar-refractivity contribution < 1.29 is 18.7 Å². The Morgan fingerprint density at radius 2 is 1.61 bits per heavy atom. The minimum Gasteiger partial charge on any atom is -0.495 e. The summed E-state index contributed by atoms with van der Waals surface area (Å²) in [7, 11) is 1.60. The molecule has 188 valence electrons. The molecule has 0 bridgehead atoms. The van der Waals surface area contributed by atoms with Crippen molar-refractivity contribution in [2.75, 3.05) is 38.2 Å². The number of benzene rings is 3. The average molecular weight is 490 g/mol. The lowest BCUT2D eigenvalue weighted by atomic mass is 9.89. The number of Topliss-reactive ketones (excluding diaryl/α,β-unsaturated/α-hetero) is 1. The Balaban J connectivity index is 1.43. The van der Waals surface area contributed by atoms with E-state index in [1.807, 2.05) is 36.4 Å². The van der Waals surface area contributed by atoms with Gasteiger partial charge in [-0.1, -0.05) is 24.3 Å².